The van der Waals surface area contributed by atoms with Gasteiger partial charge in [-0.25, -0.2) is 9.97 Å². The van der Waals surface area contributed by atoms with E-state index in [1.54, 1.807) is 18.6 Å². The molecule has 0 aromatic carbocycles. The van der Waals surface area contributed by atoms with Crippen molar-refractivity contribution in [1.82, 2.24) is 15.0 Å². The lowest BCUT2D eigenvalue weighted by Gasteiger charge is -2.13. The fraction of sp³-hybridized carbons (Fsp3) is 0.250. The average Bonchev–Trinajstić information content (AvgIpc) is 2.82. The highest BCUT2D eigenvalue weighted by Crippen LogP contribution is 2.20. The van der Waals surface area contributed by atoms with Gasteiger partial charge in [0.05, 0.1) is 11.6 Å². The zero-order valence-corrected chi connectivity index (χ0v) is 9.73. The maximum Gasteiger partial charge on any atom is 0.144 e. The van der Waals surface area contributed by atoms with Gasteiger partial charge in [-0.05, 0) is 25.5 Å². The number of rotatable bonds is 3. The maximum absolute atomic E-state index is 9.09. The fourth-order valence-corrected chi connectivity index (χ4v) is 1.60. The second kappa shape index (κ2) is 4.66. The van der Waals surface area contributed by atoms with E-state index in [-0.39, 0.29) is 6.04 Å². The summed E-state index contributed by atoms with van der Waals surface area (Å²) < 4.78 is 0. The molecule has 0 saturated heterocycles. The largest absolute Gasteiger partial charge is 0.359 e. The van der Waals surface area contributed by atoms with Crippen molar-refractivity contribution in [2.24, 2.45) is 0 Å². The summed E-state index contributed by atoms with van der Waals surface area (Å²) in [5.41, 5.74) is 1.49. The third-order valence-electron chi connectivity index (χ3n) is 2.55. The number of nitrogens with one attached hydrogen (secondary N) is 2. The van der Waals surface area contributed by atoms with E-state index < -0.39 is 0 Å². The average molecular weight is 227 g/mol. The molecule has 2 aromatic rings. The molecule has 86 valence electrons. The number of imidazole rings is 1. The lowest BCUT2D eigenvalue weighted by Crippen LogP contribution is -2.11. The van der Waals surface area contributed by atoms with Gasteiger partial charge in [0.2, 0.25) is 0 Å². The number of aromatic nitrogens is 3. The summed E-state index contributed by atoms with van der Waals surface area (Å²) in [6.07, 6.45) is 5.15. The SMILES string of the molecule is Cc1ccnc(NC(C)c2ncc[nH]2)c1C#N. The number of nitrogens with zero attached hydrogens (tertiary/aromatic N) is 3. The van der Waals surface area contributed by atoms with Crippen molar-refractivity contribution >= 4 is 5.82 Å². The number of H-pyrrole nitrogens is 1. The Morgan fingerprint density at radius 2 is 2.24 bits per heavy atom. The molecule has 0 aliphatic heterocycles. The molecule has 0 amide bonds. The minimum atomic E-state index is -0.0219. The van der Waals surface area contributed by atoms with E-state index in [1.165, 1.54) is 0 Å². The Morgan fingerprint density at radius 3 is 2.88 bits per heavy atom. The molecule has 5 heteroatoms. The van der Waals surface area contributed by atoms with Gasteiger partial charge in [-0.2, -0.15) is 5.26 Å². The van der Waals surface area contributed by atoms with Crippen LogP contribution in [0.2, 0.25) is 0 Å². The molecule has 0 fully saturated rings. The third-order valence-corrected chi connectivity index (χ3v) is 2.55. The highest BCUT2D eigenvalue weighted by Gasteiger charge is 2.12. The lowest BCUT2D eigenvalue weighted by atomic mass is 10.1. The topological polar surface area (TPSA) is 77.4 Å². The number of nitriles is 1. The van der Waals surface area contributed by atoms with Crippen molar-refractivity contribution < 1.29 is 0 Å². The number of pyridine rings is 1. The first-order chi connectivity index (χ1) is 8.22. The van der Waals surface area contributed by atoms with Crippen molar-refractivity contribution in [3.8, 4) is 6.07 Å². The molecule has 2 aromatic heterocycles. The zero-order valence-electron chi connectivity index (χ0n) is 9.73. The highest BCUT2D eigenvalue weighted by atomic mass is 15.1. The van der Waals surface area contributed by atoms with Crippen molar-refractivity contribution in [2.45, 2.75) is 19.9 Å². The molecular formula is C12H13N5. The molecular weight excluding hydrogens is 214 g/mol. The predicted octanol–water partition coefficient (Wildman–Crippen LogP) is 2.16. The van der Waals surface area contributed by atoms with Gasteiger partial charge in [0.15, 0.2) is 0 Å². The Morgan fingerprint density at radius 1 is 1.41 bits per heavy atom. The molecule has 2 heterocycles. The minimum Gasteiger partial charge on any atom is -0.359 e. The number of aryl methyl sites for hydroxylation is 1. The summed E-state index contributed by atoms with van der Waals surface area (Å²) in [7, 11) is 0. The van der Waals surface area contributed by atoms with Crippen LogP contribution in [-0.2, 0) is 0 Å². The van der Waals surface area contributed by atoms with Crippen LogP contribution >= 0.6 is 0 Å². The van der Waals surface area contributed by atoms with Crippen LogP contribution in [0.3, 0.4) is 0 Å². The number of anilines is 1. The summed E-state index contributed by atoms with van der Waals surface area (Å²) in [6, 6.07) is 3.96. The molecule has 0 radical (unpaired) electrons. The molecule has 1 unspecified atom stereocenters. The molecule has 5 nitrogen and oxygen atoms in total. The van der Waals surface area contributed by atoms with Crippen molar-refractivity contribution in [2.75, 3.05) is 5.32 Å². The van der Waals surface area contributed by atoms with E-state index in [4.69, 9.17) is 5.26 Å². The van der Waals surface area contributed by atoms with E-state index in [2.05, 4.69) is 26.3 Å². The Labute approximate surface area is 99.5 Å². The Kier molecular flexibility index (Phi) is 3.06. The highest BCUT2D eigenvalue weighted by molar-refractivity contribution is 5.55. The smallest absolute Gasteiger partial charge is 0.144 e. The summed E-state index contributed by atoms with van der Waals surface area (Å²) in [5.74, 6) is 1.41. The van der Waals surface area contributed by atoms with E-state index in [0.717, 1.165) is 11.4 Å². The first-order valence-corrected chi connectivity index (χ1v) is 5.34. The van der Waals surface area contributed by atoms with Crippen LogP contribution < -0.4 is 5.32 Å². The summed E-state index contributed by atoms with van der Waals surface area (Å²) in [4.78, 5) is 11.4. The monoisotopic (exact) mass is 227 g/mol. The molecule has 0 bridgehead atoms. The summed E-state index contributed by atoms with van der Waals surface area (Å²) >= 11 is 0. The van der Waals surface area contributed by atoms with Crippen LogP contribution in [-0.4, -0.2) is 15.0 Å². The molecule has 17 heavy (non-hydrogen) atoms. The third kappa shape index (κ3) is 2.26. The Balaban J connectivity index is 2.25. The van der Waals surface area contributed by atoms with Crippen LogP contribution in [0.25, 0.3) is 0 Å². The van der Waals surface area contributed by atoms with Crippen LogP contribution in [0.15, 0.2) is 24.7 Å². The second-order valence-electron chi connectivity index (χ2n) is 3.80. The lowest BCUT2D eigenvalue weighted by molar-refractivity contribution is 0.803. The van der Waals surface area contributed by atoms with Gasteiger partial charge in [-0.15, -0.1) is 0 Å². The summed E-state index contributed by atoms with van der Waals surface area (Å²) in [5, 5.41) is 12.3. The quantitative estimate of drug-likeness (QED) is 0.842. The first-order valence-electron chi connectivity index (χ1n) is 5.34. The molecule has 0 saturated carbocycles. The van der Waals surface area contributed by atoms with Crippen molar-refractivity contribution in [3.05, 3.63) is 41.6 Å². The molecule has 2 rings (SSSR count). The normalized spacial score (nSPS) is 11.8. The van der Waals surface area contributed by atoms with Gasteiger partial charge in [-0.3, -0.25) is 0 Å². The van der Waals surface area contributed by atoms with Crippen LogP contribution in [0.5, 0.6) is 0 Å². The Hall–Kier alpha value is -2.35. The number of hydrogen-bond acceptors (Lipinski definition) is 4. The standard InChI is InChI=1S/C12H13N5/c1-8-3-4-14-12(10(8)7-13)17-9(2)11-15-5-6-16-11/h3-6,9H,1-2H3,(H,14,17)(H,15,16). The molecule has 2 N–H and O–H groups in total. The second-order valence-corrected chi connectivity index (χ2v) is 3.80. The molecule has 0 aliphatic rings. The molecule has 0 aliphatic carbocycles. The van der Waals surface area contributed by atoms with Gasteiger partial charge in [0.25, 0.3) is 0 Å². The van der Waals surface area contributed by atoms with Gasteiger partial charge >= 0.3 is 0 Å². The molecule has 1 atom stereocenters. The fourth-order valence-electron chi connectivity index (χ4n) is 1.60. The van der Waals surface area contributed by atoms with Gasteiger partial charge < -0.3 is 10.3 Å². The Bertz CT molecular complexity index is 539. The van der Waals surface area contributed by atoms with Crippen LogP contribution in [0.1, 0.15) is 29.9 Å². The van der Waals surface area contributed by atoms with E-state index in [0.29, 0.717) is 11.4 Å². The maximum atomic E-state index is 9.09. The van der Waals surface area contributed by atoms with Crippen molar-refractivity contribution in [3.63, 3.8) is 0 Å². The van der Waals surface area contributed by atoms with E-state index in [1.807, 2.05) is 19.9 Å². The molecule has 0 spiro atoms. The van der Waals surface area contributed by atoms with E-state index >= 15 is 0 Å². The van der Waals surface area contributed by atoms with Crippen LogP contribution in [0, 0.1) is 18.3 Å². The van der Waals surface area contributed by atoms with E-state index in [9.17, 15) is 0 Å². The predicted molar refractivity (Wildman–Crippen MR) is 64.3 cm³/mol. The number of aromatic amines is 1. The van der Waals surface area contributed by atoms with Gasteiger partial charge in [-0.1, -0.05) is 0 Å². The minimum absolute atomic E-state index is 0.0219. The number of hydrogen-bond donors (Lipinski definition) is 2. The summed E-state index contributed by atoms with van der Waals surface area (Å²) in [6.45, 7) is 3.85. The van der Waals surface area contributed by atoms with Crippen LogP contribution in [0.4, 0.5) is 5.82 Å². The van der Waals surface area contributed by atoms with Gasteiger partial charge in [0.1, 0.15) is 17.7 Å². The van der Waals surface area contributed by atoms with Crippen molar-refractivity contribution in [1.29, 1.82) is 5.26 Å². The zero-order chi connectivity index (χ0) is 12.3. The van der Waals surface area contributed by atoms with Gasteiger partial charge in [0, 0.05) is 18.6 Å². The first kappa shape index (κ1) is 11.1.